The summed E-state index contributed by atoms with van der Waals surface area (Å²) in [5.41, 5.74) is 4.08. The molecule has 166 valence electrons. The average molecular weight is 462 g/mol. The van der Waals surface area contributed by atoms with Gasteiger partial charge in [-0.15, -0.1) is 0 Å². The molecule has 0 aliphatic heterocycles. The maximum absolute atomic E-state index is 11.6. The molecule has 0 fully saturated rings. The number of benzene rings is 2. The van der Waals surface area contributed by atoms with E-state index in [0.717, 1.165) is 34.0 Å². The molecule has 0 saturated carbocycles. The predicted molar refractivity (Wildman–Crippen MR) is 124 cm³/mol. The minimum atomic E-state index is -3.80. The summed E-state index contributed by atoms with van der Waals surface area (Å²) in [5.74, 6) is 0.769. The highest BCUT2D eigenvalue weighted by Crippen LogP contribution is 2.31. The lowest BCUT2D eigenvalue weighted by Gasteiger charge is -2.11. The van der Waals surface area contributed by atoms with Gasteiger partial charge >= 0.3 is 10.1 Å². The van der Waals surface area contributed by atoms with Gasteiger partial charge in [0.2, 0.25) is 5.95 Å². The van der Waals surface area contributed by atoms with E-state index in [1.54, 1.807) is 13.3 Å². The van der Waals surface area contributed by atoms with Crippen LogP contribution in [-0.4, -0.2) is 46.7 Å². The number of anilines is 2. The van der Waals surface area contributed by atoms with Crippen LogP contribution in [0, 0.1) is 0 Å². The third-order valence-electron chi connectivity index (χ3n) is 4.88. The SMILES string of the molecule is COc1ccc(-c2ccnc3ccc(Nc4nc(OS(C)(=O)=O)c5nc[nH]c5n4)cc23)cc1. The second kappa shape index (κ2) is 8.02. The zero-order valence-electron chi connectivity index (χ0n) is 17.6. The normalized spacial score (nSPS) is 11.6. The zero-order valence-corrected chi connectivity index (χ0v) is 18.4. The Bertz CT molecular complexity index is 1580. The van der Waals surface area contributed by atoms with Gasteiger partial charge in [-0.3, -0.25) is 4.98 Å². The van der Waals surface area contributed by atoms with Crippen molar-refractivity contribution in [1.29, 1.82) is 0 Å². The van der Waals surface area contributed by atoms with Gasteiger partial charge in [0.25, 0.3) is 5.88 Å². The van der Waals surface area contributed by atoms with Gasteiger partial charge in [0.1, 0.15) is 5.75 Å². The monoisotopic (exact) mass is 462 g/mol. The number of H-pyrrole nitrogens is 1. The van der Waals surface area contributed by atoms with Gasteiger partial charge in [-0.1, -0.05) is 12.1 Å². The van der Waals surface area contributed by atoms with Crippen molar-refractivity contribution in [1.82, 2.24) is 24.9 Å². The van der Waals surface area contributed by atoms with E-state index >= 15 is 0 Å². The lowest BCUT2D eigenvalue weighted by atomic mass is 10.0. The largest absolute Gasteiger partial charge is 0.497 e. The van der Waals surface area contributed by atoms with Gasteiger partial charge in [0, 0.05) is 17.3 Å². The Morgan fingerprint density at radius 1 is 1.00 bits per heavy atom. The van der Waals surface area contributed by atoms with Crippen molar-refractivity contribution in [3.8, 4) is 22.8 Å². The molecule has 5 rings (SSSR count). The fourth-order valence-corrected chi connectivity index (χ4v) is 3.84. The number of rotatable bonds is 6. The average Bonchev–Trinajstić information content (AvgIpc) is 3.27. The van der Waals surface area contributed by atoms with Crippen molar-refractivity contribution in [2.24, 2.45) is 0 Å². The summed E-state index contributed by atoms with van der Waals surface area (Å²) in [5, 5.41) is 4.03. The molecule has 0 unspecified atom stereocenters. The molecule has 0 aliphatic carbocycles. The molecule has 0 saturated heterocycles. The van der Waals surface area contributed by atoms with Crippen LogP contribution in [0.3, 0.4) is 0 Å². The fraction of sp³-hybridized carbons (Fsp3) is 0.0909. The first-order valence-corrected chi connectivity index (χ1v) is 11.6. The summed E-state index contributed by atoms with van der Waals surface area (Å²) < 4.78 is 33.5. The van der Waals surface area contributed by atoms with E-state index in [1.807, 2.05) is 48.5 Å². The second-order valence-corrected chi connectivity index (χ2v) is 8.76. The van der Waals surface area contributed by atoms with Crippen molar-refractivity contribution >= 4 is 43.8 Å². The van der Waals surface area contributed by atoms with Crippen molar-refractivity contribution in [3.05, 3.63) is 61.1 Å². The van der Waals surface area contributed by atoms with Gasteiger partial charge in [-0.25, -0.2) is 4.98 Å². The smallest absolute Gasteiger partial charge is 0.307 e. The molecule has 0 aliphatic rings. The van der Waals surface area contributed by atoms with E-state index in [0.29, 0.717) is 11.3 Å². The lowest BCUT2D eigenvalue weighted by Crippen LogP contribution is -2.09. The van der Waals surface area contributed by atoms with E-state index < -0.39 is 10.1 Å². The number of pyridine rings is 1. The van der Waals surface area contributed by atoms with Crippen molar-refractivity contribution in [3.63, 3.8) is 0 Å². The lowest BCUT2D eigenvalue weighted by molar-refractivity contribution is 0.415. The molecular formula is C22H18N6O4S. The molecule has 0 atom stereocenters. The Balaban J connectivity index is 1.55. The third-order valence-corrected chi connectivity index (χ3v) is 5.34. The first-order valence-electron chi connectivity index (χ1n) is 9.80. The van der Waals surface area contributed by atoms with Crippen molar-refractivity contribution in [2.75, 3.05) is 18.7 Å². The van der Waals surface area contributed by atoms with E-state index in [9.17, 15) is 8.42 Å². The van der Waals surface area contributed by atoms with Gasteiger partial charge in [0.05, 0.1) is 25.2 Å². The number of methoxy groups -OCH3 is 1. The number of aromatic amines is 1. The topological polar surface area (TPSA) is 132 Å². The number of ether oxygens (including phenoxy) is 1. The maximum atomic E-state index is 11.6. The molecular weight excluding hydrogens is 444 g/mol. The van der Waals surface area contributed by atoms with Crippen LogP contribution in [0.4, 0.5) is 11.6 Å². The molecule has 0 amide bonds. The summed E-state index contributed by atoms with van der Waals surface area (Å²) in [6, 6.07) is 15.4. The number of hydrogen-bond donors (Lipinski definition) is 2. The predicted octanol–water partition coefficient (Wildman–Crippen LogP) is 3.66. The summed E-state index contributed by atoms with van der Waals surface area (Å²) >= 11 is 0. The number of fused-ring (bicyclic) bond motifs is 2. The molecule has 0 spiro atoms. The minimum Gasteiger partial charge on any atom is -0.497 e. The van der Waals surface area contributed by atoms with E-state index in [4.69, 9.17) is 8.92 Å². The maximum Gasteiger partial charge on any atom is 0.307 e. The standard InChI is InChI=1S/C22H18N6O4S/c1-31-15-6-3-13(4-7-15)16-9-10-23-18-8-5-14(11-17(16)18)26-22-27-20-19(24-12-25-20)21(28-22)32-33(2,29)30/h3-12H,1-2H3,(H2,24,25,26,27,28). The Morgan fingerprint density at radius 3 is 2.58 bits per heavy atom. The number of hydrogen-bond acceptors (Lipinski definition) is 9. The van der Waals surface area contributed by atoms with Gasteiger partial charge in [0.15, 0.2) is 11.2 Å². The molecule has 33 heavy (non-hydrogen) atoms. The van der Waals surface area contributed by atoms with E-state index in [2.05, 4.69) is 30.2 Å². The zero-order chi connectivity index (χ0) is 23.0. The van der Waals surface area contributed by atoms with E-state index in [-0.39, 0.29) is 17.3 Å². The number of nitrogens with one attached hydrogen (secondary N) is 2. The van der Waals surface area contributed by atoms with Crippen LogP contribution in [-0.2, 0) is 10.1 Å². The summed E-state index contributed by atoms with van der Waals surface area (Å²) in [7, 11) is -2.17. The van der Waals surface area contributed by atoms with Crippen LogP contribution in [0.1, 0.15) is 0 Å². The Kier molecular flexibility index (Phi) is 5.02. The summed E-state index contributed by atoms with van der Waals surface area (Å²) in [6.45, 7) is 0. The highest BCUT2D eigenvalue weighted by Gasteiger charge is 2.16. The van der Waals surface area contributed by atoms with Crippen LogP contribution < -0.4 is 14.2 Å². The Hall–Kier alpha value is -4.25. The van der Waals surface area contributed by atoms with Crippen LogP contribution in [0.5, 0.6) is 11.6 Å². The summed E-state index contributed by atoms with van der Waals surface area (Å²) in [6.07, 6.45) is 4.10. The van der Waals surface area contributed by atoms with Gasteiger partial charge in [-0.05, 0) is 47.5 Å². The molecule has 3 aromatic heterocycles. The van der Waals surface area contributed by atoms with Crippen LogP contribution >= 0.6 is 0 Å². The highest BCUT2D eigenvalue weighted by atomic mass is 32.2. The van der Waals surface area contributed by atoms with Crippen LogP contribution in [0.25, 0.3) is 33.2 Å². The first kappa shape index (κ1) is 20.6. The molecule has 2 N–H and O–H groups in total. The minimum absolute atomic E-state index is 0.152. The van der Waals surface area contributed by atoms with Crippen molar-refractivity contribution < 1.29 is 17.3 Å². The fourth-order valence-electron chi connectivity index (χ4n) is 3.44. The second-order valence-electron chi connectivity index (χ2n) is 7.18. The molecule has 11 heteroatoms. The van der Waals surface area contributed by atoms with Crippen LogP contribution in [0.15, 0.2) is 61.1 Å². The molecule has 2 aromatic carbocycles. The van der Waals surface area contributed by atoms with Crippen LogP contribution in [0.2, 0.25) is 0 Å². The highest BCUT2D eigenvalue weighted by molar-refractivity contribution is 7.86. The first-order chi connectivity index (χ1) is 15.9. The molecule has 0 radical (unpaired) electrons. The van der Waals surface area contributed by atoms with Gasteiger partial charge < -0.3 is 19.2 Å². The summed E-state index contributed by atoms with van der Waals surface area (Å²) in [4.78, 5) is 19.9. The van der Waals surface area contributed by atoms with Crippen molar-refractivity contribution in [2.45, 2.75) is 0 Å². The number of aromatic nitrogens is 5. The van der Waals surface area contributed by atoms with E-state index in [1.165, 1.54) is 6.33 Å². The molecule has 5 aromatic rings. The van der Waals surface area contributed by atoms with Gasteiger partial charge in [-0.2, -0.15) is 18.4 Å². The Morgan fingerprint density at radius 2 is 1.82 bits per heavy atom. The molecule has 3 heterocycles. The Labute approximate surface area is 188 Å². The third kappa shape index (κ3) is 4.26. The number of imidazole rings is 1. The number of nitrogens with zero attached hydrogens (tertiary/aromatic N) is 4. The molecule has 10 nitrogen and oxygen atoms in total. The molecule has 0 bridgehead atoms. The quantitative estimate of drug-likeness (QED) is 0.363.